The molecule has 1 atom stereocenters. The first-order valence-electron chi connectivity index (χ1n) is 11.2. The molecule has 6 heteroatoms. The standard InChI is InChI=1S/C26H35NO4Si/c1-25(2,3)31-24(29)27-18-21(28)17-20(27)19-30-32(26(4,5)6,22-13-9-7-10-14-22)23-15-11-8-12-16-23/h7-16,20H,17-19H2,1-6H3/t20-/m0/s1. The molecule has 0 unspecified atom stereocenters. The van der Waals surface area contributed by atoms with Crippen molar-refractivity contribution in [2.24, 2.45) is 0 Å². The second-order valence-corrected chi connectivity index (χ2v) is 14.8. The van der Waals surface area contributed by atoms with Crippen molar-refractivity contribution in [1.29, 1.82) is 0 Å². The highest BCUT2D eigenvalue weighted by atomic mass is 28.4. The van der Waals surface area contributed by atoms with E-state index >= 15 is 0 Å². The van der Waals surface area contributed by atoms with Gasteiger partial charge in [-0.25, -0.2) is 4.79 Å². The Morgan fingerprint density at radius 3 is 1.88 bits per heavy atom. The Morgan fingerprint density at radius 1 is 0.938 bits per heavy atom. The van der Waals surface area contributed by atoms with Crippen LogP contribution in [-0.4, -0.2) is 49.9 Å². The molecule has 1 aliphatic heterocycles. The average Bonchev–Trinajstić information content (AvgIpc) is 3.09. The molecule has 1 amide bonds. The van der Waals surface area contributed by atoms with E-state index in [0.717, 1.165) is 0 Å². The van der Waals surface area contributed by atoms with Crippen molar-refractivity contribution in [3.63, 3.8) is 0 Å². The van der Waals surface area contributed by atoms with Crippen molar-refractivity contribution in [1.82, 2.24) is 4.90 Å². The molecule has 0 aliphatic carbocycles. The van der Waals surface area contributed by atoms with Crippen molar-refractivity contribution >= 4 is 30.6 Å². The summed E-state index contributed by atoms with van der Waals surface area (Å²) in [5.41, 5.74) is -0.619. The third kappa shape index (κ3) is 5.13. The lowest BCUT2D eigenvalue weighted by Crippen LogP contribution is -2.67. The van der Waals surface area contributed by atoms with Crippen LogP contribution in [0.3, 0.4) is 0 Å². The fraction of sp³-hybridized carbons (Fsp3) is 0.462. The lowest BCUT2D eigenvalue weighted by Gasteiger charge is -2.44. The fourth-order valence-electron chi connectivity index (χ4n) is 4.42. The molecule has 0 aromatic heterocycles. The van der Waals surface area contributed by atoms with Gasteiger partial charge in [0.1, 0.15) is 5.60 Å². The van der Waals surface area contributed by atoms with E-state index in [2.05, 4.69) is 45.0 Å². The molecular formula is C26H35NO4Si. The Balaban J connectivity index is 1.97. The van der Waals surface area contributed by atoms with E-state index in [0.29, 0.717) is 0 Å². The van der Waals surface area contributed by atoms with Crippen molar-refractivity contribution < 1.29 is 18.8 Å². The fourth-order valence-corrected chi connectivity index (χ4v) is 9.02. The number of nitrogens with zero attached hydrogens (tertiary/aromatic N) is 1. The lowest BCUT2D eigenvalue weighted by atomic mass is 10.2. The van der Waals surface area contributed by atoms with Gasteiger partial charge in [-0.05, 0) is 36.2 Å². The molecule has 0 spiro atoms. The minimum absolute atomic E-state index is 0.0342. The molecule has 0 radical (unpaired) electrons. The molecule has 0 bridgehead atoms. The van der Waals surface area contributed by atoms with Crippen LogP contribution in [-0.2, 0) is 14.0 Å². The van der Waals surface area contributed by atoms with Crippen LogP contribution in [0.2, 0.25) is 5.04 Å². The Kier molecular flexibility index (Phi) is 6.96. The molecule has 5 nitrogen and oxygen atoms in total. The summed E-state index contributed by atoms with van der Waals surface area (Å²) in [7, 11) is -2.74. The number of rotatable bonds is 5. The van der Waals surface area contributed by atoms with E-state index in [1.807, 2.05) is 57.2 Å². The average molecular weight is 454 g/mol. The van der Waals surface area contributed by atoms with Gasteiger partial charge in [-0.2, -0.15) is 0 Å². The summed E-state index contributed by atoms with van der Waals surface area (Å²) in [5, 5.41) is 2.17. The molecule has 2 aromatic rings. The minimum atomic E-state index is -2.74. The Hall–Kier alpha value is -2.44. The first-order valence-corrected chi connectivity index (χ1v) is 13.1. The van der Waals surface area contributed by atoms with Crippen molar-refractivity contribution in [2.45, 2.75) is 64.6 Å². The van der Waals surface area contributed by atoms with Crippen LogP contribution in [0, 0.1) is 0 Å². The van der Waals surface area contributed by atoms with Crippen molar-refractivity contribution in [3.05, 3.63) is 60.7 Å². The minimum Gasteiger partial charge on any atom is -0.444 e. The van der Waals surface area contributed by atoms with Gasteiger partial charge in [-0.3, -0.25) is 9.69 Å². The number of amides is 1. The highest BCUT2D eigenvalue weighted by Crippen LogP contribution is 2.37. The van der Waals surface area contributed by atoms with Crippen LogP contribution < -0.4 is 10.4 Å². The van der Waals surface area contributed by atoms with Gasteiger partial charge in [0, 0.05) is 6.42 Å². The number of hydrogen-bond acceptors (Lipinski definition) is 4. The third-order valence-corrected chi connectivity index (χ3v) is 10.8. The summed E-state index contributed by atoms with van der Waals surface area (Å²) < 4.78 is 12.5. The van der Waals surface area contributed by atoms with Crippen LogP contribution in [0.15, 0.2) is 60.7 Å². The summed E-state index contributed by atoms with van der Waals surface area (Å²) in [6.45, 7) is 12.5. The Bertz CT molecular complexity index is 892. The van der Waals surface area contributed by atoms with Gasteiger partial charge >= 0.3 is 6.09 Å². The zero-order valence-electron chi connectivity index (χ0n) is 20.1. The van der Waals surface area contributed by atoms with E-state index in [1.165, 1.54) is 15.3 Å². The highest BCUT2D eigenvalue weighted by Gasteiger charge is 2.51. The molecular weight excluding hydrogens is 418 g/mol. The van der Waals surface area contributed by atoms with Crippen LogP contribution in [0.5, 0.6) is 0 Å². The van der Waals surface area contributed by atoms with Gasteiger partial charge in [-0.1, -0.05) is 81.4 Å². The summed E-state index contributed by atoms with van der Waals surface area (Å²) in [6, 6.07) is 20.4. The number of carbonyl (C=O) groups excluding carboxylic acids is 2. The van der Waals surface area contributed by atoms with Crippen molar-refractivity contribution in [2.75, 3.05) is 13.2 Å². The smallest absolute Gasteiger partial charge is 0.411 e. The lowest BCUT2D eigenvalue weighted by molar-refractivity contribution is -0.117. The molecule has 0 saturated carbocycles. The van der Waals surface area contributed by atoms with Gasteiger partial charge < -0.3 is 9.16 Å². The molecule has 1 saturated heterocycles. The van der Waals surface area contributed by atoms with Gasteiger partial charge in [-0.15, -0.1) is 0 Å². The monoisotopic (exact) mass is 453 g/mol. The number of Topliss-reactive ketones (excluding diaryl/α,β-unsaturated/α-hetero) is 1. The predicted molar refractivity (Wildman–Crippen MR) is 130 cm³/mol. The SMILES string of the molecule is CC(C)(C)OC(=O)N1CC(=O)C[C@H]1CO[Si](c1ccccc1)(c1ccccc1)C(C)(C)C. The zero-order chi connectivity index (χ0) is 23.6. The second-order valence-electron chi connectivity index (χ2n) is 10.5. The van der Waals surface area contributed by atoms with Gasteiger partial charge in [0.15, 0.2) is 5.78 Å². The normalized spacial score (nSPS) is 17.5. The topological polar surface area (TPSA) is 55.8 Å². The first-order chi connectivity index (χ1) is 14.9. The molecule has 1 heterocycles. The van der Waals surface area contributed by atoms with Gasteiger partial charge in [0.05, 0.1) is 19.2 Å². The van der Waals surface area contributed by atoms with Crippen LogP contribution >= 0.6 is 0 Å². The van der Waals surface area contributed by atoms with Crippen LogP contribution in [0.25, 0.3) is 0 Å². The van der Waals surface area contributed by atoms with Gasteiger partial charge in [0.2, 0.25) is 0 Å². The molecule has 1 fully saturated rings. The van der Waals surface area contributed by atoms with Crippen molar-refractivity contribution in [3.8, 4) is 0 Å². The summed E-state index contributed by atoms with van der Waals surface area (Å²) in [6.07, 6.45) is -0.170. The number of likely N-dealkylation sites (tertiary alicyclic amines) is 1. The molecule has 2 aromatic carbocycles. The summed E-state index contributed by atoms with van der Waals surface area (Å²) in [5.74, 6) is 0.0342. The number of ether oxygens (including phenoxy) is 1. The van der Waals surface area contributed by atoms with Gasteiger partial charge in [0.25, 0.3) is 8.32 Å². The maximum Gasteiger partial charge on any atom is 0.411 e. The molecule has 32 heavy (non-hydrogen) atoms. The third-order valence-electron chi connectivity index (χ3n) is 5.79. The maximum atomic E-state index is 12.8. The second kappa shape index (κ2) is 9.20. The van der Waals surface area contributed by atoms with E-state index in [9.17, 15) is 9.59 Å². The first kappa shape index (κ1) is 24.2. The van der Waals surface area contributed by atoms with E-state index in [-0.39, 0.29) is 36.4 Å². The molecule has 1 aliphatic rings. The Morgan fingerprint density at radius 2 is 1.44 bits per heavy atom. The molecule has 172 valence electrons. The molecule has 0 N–H and O–H groups in total. The Labute approximate surface area is 192 Å². The number of carbonyl (C=O) groups is 2. The quantitative estimate of drug-likeness (QED) is 0.639. The summed E-state index contributed by atoms with van der Waals surface area (Å²) in [4.78, 5) is 26.6. The largest absolute Gasteiger partial charge is 0.444 e. The van der Waals surface area contributed by atoms with E-state index in [1.54, 1.807) is 0 Å². The summed E-state index contributed by atoms with van der Waals surface area (Å²) >= 11 is 0. The number of hydrogen-bond donors (Lipinski definition) is 0. The number of benzene rings is 2. The van der Waals surface area contributed by atoms with E-state index < -0.39 is 20.0 Å². The zero-order valence-corrected chi connectivity index (χ0v) is 21.1. The van der Waals surface area contributed by atoms with Crippen LogP contribution in [0.4, 0.5) is 4.79 Å². The van der Waals surface area contributed by atoms with Crippen LogP contribution in [0.1, 0.15) is 48.0 Å². The predicted octanol–water partition coefficient (Wildman–Crippen LogP) is 4.14. The highest BCUT2D eigenvalue weighted by molar-refractivity contribution is 6.99. The molecule has 3 rings (SSSR count). The van der Waals surface area contributed by atoms with E-state index in [4.69, 9.17) is 9.16 Å². The number of ketones is 1. The maximum absolute atomic E-state index is 12.8.